The summed E-state index contributed by atoms with van der Waals surface area (Å²) < 4.78 is 2.14. The molecule has 0 fully saturated rings. The number of carbonyl (C=O) groups is 2. The average molecular weight is 502 g/mol. The summed E-state index contributed by atoms with van der Waals surface area (Å²) in [7, 11) is 0. The molecular weight excluding hydrogens is 458 g/mol. The van der Waals surface area contributed by atoms with Gasteiger partial charge in [-0.3, -0.25) is 9.59 Å². The van der Waals surface area contributed by atoms with E-state index in [1.165, 1.54) is 0 Å². The second kappa shape index (κ2) is 13.2. The number of benzene rings is 1. The van der Waals surface area contributed by atoms with Crippen LogP contribution in [0, 0.1) is 17.3 Å². The highest BCUT2D eigenvalue weighted by atomic mass is 35.5. The van der Waals surface area contributed by atoms with Gasteiger partial charge in [-0.2, -0.15) is 0 Å². The first-order valence-corrected chi connectivity index (χ1v) is 13.2. The maximum absolute atomic E-state index is 13.4. The Labute approximate surface area is 217 Å². The van der Waals surface area contributed by atoms with Gasteiger partial charge in [0.25, 0.3) is 0 Å². The zero-order chi connectivity index (χ0) is 26.2. The first-order chi connectivity index (χ1) is 16.4. The number of likely N-dealkylation sites (N-methyl/N-ethyl adjacent to an activating group) is 1. The Kier molecular flexibility index (Phi) is 10.9. The normalized spacial score (nSPS) is 12.6. The lowest BCUT2D eigenvalue weighted by atomic mass is 9.84. The first-order valence-electron chi connectivity index (χ1n) is 12.8. The Morgan fingerprint density at radius 1 is 1.00 bits per heavy atom. The highest BCUT2D eigenvalue weighted by molar-refractivity contribution is 6.31. The molecule has 6 heteroatoms. The van der Waals surface area contributed by atoms with Crippen LogP contribution in [0.2, 0.25) is 5.02 Å². The number of amides is 2. The molecule has 5 nitrogen and oxygen atoms in total. The third kappa shape index (κ3) is 9.71. The van der Waals surface area contributed by atoms with Crippen molar-refractivity contribution >= 4 is 23.4 Å². The molecule has 2 amide bonds. The third-order valence-electron chi connectivity index (χ3n) is 6.06. The number of hydrogen-bond acceptors (Lipinski definition) is 2. The topological polar surface area (TPSA) is 45.6 Å². The molecule has 0 aliphatic carbocycles. The van der Waals surface area contributed by atoms with Crippen LogP contribution in [0.1, 0.15) is 72.6 Å². The van der Waals surface area contributed by atoms with Crippen LogP contribution >= 0.6 is 11.6 Å². The van der Waals surface area contributed by atoms with E-state index in [1.54, 1.807) is 4.90 Å². The minimum absolute atomic E-state index is 0.0112. The number of aromatic nitrogens is 1. The predicted molar refractivity (Wildman–Crippen MR) is 145 cm³/mol. The van der Waals surface area contributed by atoms with E-state index < -0.39 is 0 Å². The maximum Gasteiger partial charge on any atom is 0.242 e. The van der Waals surface area contributed by atoms with Gasteiger partial charge in [-0.1, -0.05) is 71.3 Å². The molecule has 1 aromatic carbocycles. The molecule has 0 N–H and O–H groups in total. The summed E-state index contributed by atoms with van der Waals surface area (Å²) in [5.41, 5.74) is 2.27. The fourth-order valence-electron chi connectivity index (χ4n) is 4.63. The van der Waals surface area contributed by atoms with Crippen molar-refractivity contribution in [1.82, 2.24) is 14.4 Å². The van der Waals surface area contributed by atoms with Crippen LogP contribution in [-0.2, 0) is 22.7 Å². The average Bonchev–Trinajstić information content (AvgIpc) is 3.17. The predicted octanol–water partition coefficient (Wildman–Crippen LogP) is 6.49. The molecule has 2 aromatic rings. The van der Waals surface area contributed by atoms with E-state index in [1.807, 2.05) is 54.4 Å². The zero-order valence-corrected chi connectivity index (χ0v) is 23.4. The Bertz CT molecular complexity index is 961. The van der Waals surface area contributed by atoms with Gasteiger partial charge in [-0.25, -0.2) is 0 Å². The van der Waals surface area contributed by atoms with Crippen LogP contribution < -0.4 is 0 Å². The van der Waals surface area contributed by atoms with Gasteiger partial charge < -0.3 is 14.4 Å². The minimum Gasteiger partial charge on any atom is -0.345 e. The summed E-state index contributed by atoms with van der Waals surface area (Å²) in [6, 6.07) is 11.9. The number of hydrogen-bond donors (Lipinski definition) is 0. The third-order valence-corrected chi connectivity index (χ3v) is 6.43. The van der Waals surface area contributed by atoms with Crippen LogP contribution in [0.5, 0.6) is 0 Å². The highest BCUT2D eigenvalue weighted by Gasteiger charge is 2.24. The van der Waals surface area contributed by atoms with E-state index in [2.05, 4.69) is 46.1 Å². The summed E-state index contributed by atoms with van der Waals surface area (Å²) in [6.07, 6.45) is 3.48. The van der Waals surface area contributed by atoms with Crippen LogP contribution in [-0.4, -0.2) is 45.8 Å². The number of carbonyl (C=O) groups excluding carboxylic acids is 2. The minimum atomic E-state index is -0.0112. The molecule has 0 spiro atoms. The quantitative estimate of drug-likeness (QED) is 0.334. The van der Waals surface area contributed by atoms with E-state index >= 15 is 0 Å². The van der Waals surface area contributed by atoms with E-state index in [4.69, 9.17) is 11.6 Å². The van der Waals surface area contributed by atoms with E-state index in [-0.39, 0.29) is 29.7 Å². The van der Waals surface area contributed by atoms with Crippen LogP contribution in [0.15, 0.2) is 42.6 Å². The number of nitrogens with zero attached hydrogens (tertiary/aromatic N) is 3. The lowest BCUT2D eigenvalue weighted by molar-refractivity contribution is -0.141. The summed E-state index contributed by atoms with van der Waals surface area (Å²) in [5.74, 6) is 0.655. The summed E-state index contributed by atoms with van der Waals surface area (Å²) in [6.45, 7) is 17.3. The molecule has 1 heterocycles. The van der Waals surface area contributed by atoms with Crippen LogP contribution in [0.25, 0.3) is 0 Å². The Morgan fingerprint density at radius 3 is 2.29 bits per heavy atom. The molecule has 1 aromatic heterocycles. The van der Waals surface area contributed by atoms with Crippen molar-refractivity contribution in [2.75, 3.05) is 19.6 Å². The number of halogens is 1. The summed E-state index contributed by atoms with van der Waals surface area (Å²) in [4.78, 5) is 30.0. The molecule has 0 aliphatic rings. The lowest BCUT2D eigenvalue weighted by Crippen LogP contribution is -2.44. The van der Waals surface area contributed by atoms with Gasteiger partial charge in [-0.15, -0.1) is 0 Å². The number of rotatable bonds is 12. The molecule has 0 aliphatic heterocycles. The van der Waals surface area contributed by atoms with E-state index in [0.717, 1.165) is 22.7 Å². The van der Waals surface area contributed by atoms with Crippen LogP contribution in [0.4, 0.5) is 0 Å². The van der Waals surface area contributed by atoms with Crippen LogP contribution in [0.3, 0.4) is 0 Å². The van der Waals surface area contributed by atoms with Gasteiger partial charge >= 0.3 is 0 Å². The molecule has 0 saturated carbocycles. The maximum atomic E-state index is 13.4. The molecule has 1 atom stereocenters. The fraction of sp³-hybridized carbons (Fsp3) is 0.586. The Morgan fingerprint density at radius 2 is 1.69 bits per heavy atom. The SMILES string of the molecule is CCN(CC(=O)N(Cc1cccn1Cc1ccccc1Cl)CC(C)C)C(=O)CC(C)CC(C)(C)C. The molecule has 0 saturated heterocycles. The second-order valence-corrected chi connectivity index (χ2v) is 11.8. The Hall–Kier alpha value is -2.27. The molecule has 0 radical (unpaired) electrons. The molecule has 0 bridgehead atoms. The summed E-state index contributed by atoms with van der Waals surface area (Å²) >= 11 is 6.38. The smallest absolute Gasteiger partial charge is 0.242 e. The first kappa shape index (κ1) is 29.0. The summed E-state index contributed by atoms with van der Waals surface area (Å²) in [5, 5.41) is 0.736. The van der Waals surface area contributed by atoms with E-state index in [9.17, 15) is 9.59 Å². The van der Waals surface area contributed by atoms with Gasteiger partial charge in [0.2, 0.25) is 11.8 Å². The van der Waals surface area contributed by atoms with Gasteiger partial charge in [0.05, 0.1) is 13.1 Å². The van der Waals surface area contributed by atoms with Gasteiger partial charge in [0.15, 0.2) is 0 Å². The van der Waals surface area contributed by atoms with Crippen molar-refractivity contribution in [2.45, 2.75) is 74.4 Å². The highest BCUT2D eigenvalue weighted by Crippen LogP contribution is 2.26. The van der Waals surface area contributed by atoms with Crippen molar-refractivity contribution in [3.63, 3.8) is 0 Å². The van der Waals surface area contributed by atoms with Crippen molar-refractivity contribution in [2.24, 2.45) is 17.3 Å². The standard InChI is InChI=1S/C29H44ClN3O2/c1-8-31(27(34)16-23(4)17-29(5,6)7)21-28(35)33(18-22(2)3)20-25-13-11-15-32(25)19-24-12-9-10-14-26(24)30/h9-15,22-23H,8,16-21H2,1-7H3. The molecule has 194 valence electrons. The van der Waals surface area contributed by atoms with Gasteiger partial charge in [0, 0.05) is 43.0 Å². The molecule has 35 heavy (non-hydrogen) atoms. The fourth-order valence-corrected chi connectivity index (χ4v) is 4.83. The van der Waals surface area contributed by atoms with Gasteiger partial charge in [-0.05, 0) is 54.4 Å². The molecule has 2 rings (SSSR count). The second-order valence-electron chi connectivity index (χ2n) is 11.4. The molecular formula is C29H44ClN3O2. The van der Waals surface area contributed by atoms with Crippen molar-refractivity contribution in [3.8, 4) is 0 Å². The Balaban J connectivity index is 2.10. The zero-order valence-electron chi connectivity index (χ0n) is 22.7. The monoisotopic (exact) mass is 501 g/mol. The van der Waals surface area contributed by atoms with Crippen molar-refractivity contribution in [3.05, 3.63) is 58.9 Å². The largest absolute Gasteiger partial charge is 0.345 e. The van der Waals surface area contributed by atoms with Crippen molar-refractivity contribution < 1.29 is 9.59 Å². The van der Waals surface area contributed by atoms with Gasteiger partial charge in [0.1, 0.15) is 0 Å². The van der Waals surface area contributed by atoms with Crippen molar-refractivity contribution in [1.29, 1.82) is 0 Å². The lowest BCUT2D eigenvalue weighted by Gasteiger charge is -2.30. The van der Waals surface area contributed by atoms with E-state index in [0.29, 0.717) is 38.5 Å². The molecule has 1 unspecified atom stereocenters.